The monoisotopic (exact) mass is 272 g/mol. The molecule has 1 aliphatic rings. The van der Waals surface area contributed by atoms with Crippen LogP contribution in [-0.2, 0) is 6.54 Å². The van der Waals surface area contributed by atoms with Crippen LogP contribution in [0.15, 0.2) is 11.3 Å². The highest BCUT2D eigenvalue weighted by Crippen LogP contribution is 2.22. The minimum atomic E-state index is -0.626. The van der Waals surface area contributed by atoms with Crippen LogP contribution in [0.3, 0.4) is 0 Å². The Morgan fingerprint density at radius 2 is 2.53 bits per heavy atom. The van der Waals surface area contributed by atoms with Crippen molar-refractivity contribution >= 4 is 28.3 Å². The smallest absolute Gasteiger partial charge is 0.237 e. The second-order valence-corrected chi connectivity index (χ2v) is 5.97. The van der Waals surface area contributed by atoms with Crippen LogP contribution in [0.4, 0.5) is 0 Å². The van der Waals surface area contributed by atoms with Crippen LogP contribution >= 0.6 is 23.1 Å². The summed E-state index contributed by atoms with van der Waals surface area (Å²) < 4.78 is 0. The van der Waals surface area contributed by atoms with Gasteiger partial charge < -0.3 is 4.90 Å². The van der Waals surface area contributed by atoms with Gasteiger partial charge in [-0.1, -0.05) is 11.8 Å². The van der Waals surface area contributed by atoms with Gasteiger partial charge in [-0.25, -0.2) is 15.1 Å². The second-order valence-electron chi connectivity index (χ2n) is 3.59. The van der Waals surface area contributed by atoms with E-state index in [0.717, 1.165) is 28.6 Å². The molecule has 1 aliphatic heterocycles. The van der Waals surface area contributed by atoms with Crippen LogP contribution in [0.1, 0.15) is 16.3 Å². The predicted octanol–water partition coefficient (Wildman–Crippen LogP) is 1.94. The standard InChI is InChI=1S/C9H12N4O2S2/c1-7-10-5-8(17-7)6-12-3-2-4-16-9(12)11-13(14)15/h5H,2-4,6H2,1H3/b11-9-. The number of aromatic nitrogens is 1. The first kappa shape index (κ1) is 12.3. The van der Waals surface area contributed by atoms with E-state index in [1.807, 2.05) is 18.0 Å². The molecule has 0 aliphatic carbocycles. The second kappa shape index (κ2) is 5.46. The third-order valence-corrected chi connectivity index (χ3v) is 4.25. The number of hydrogen-bond acceptors (Lipinski definition) is 5. The summed E-state index contributed by atoms with van der Waals surface area (Å²) in [5, 5.41) is 14.8. The highest BCUT2D eigenvalue weighted by atomic mass is 32.2. The number of thiazole rings is 1. The van der Waals surface area contributed by atoms with Crippen molar-refractivity contribution < 1.29 is 5.03 Å². The Morgan fingerprint density at radius 1 is 1.71 bits per heavy atom. The first-order valence-electron chi connectivity index (χ1n) is 5.17. The number of hydrogen-bond donors (Lipinski definition) is 0. The first-order valence-corrected chi connectivity index (χ1v) is 6.97. The molecule has 1 fully saturated rings. The van der Waals surface area contributed by atoms with Gasteiger partial charge in [-0.2, -0.15) is 0 Å². The lowest BCUT2D eigenvalue weighted by Gasteiger charge is -2.26. The molecular formula is C9H12N4O2S2. The zero-order valence-corrected chi connectivity index (χ0v) is 11.0. The van der Waals surface area contributed by atoms with Crippen molar-refractivity contribution in [3.8, 4) is 0 Å². The van der Waals surface area contributed by atoms with E-state index in [1.54, 1.807) is 11.3 Å². The minimum Gasteiger partial charge on any atom is -0.341 e. The minimum absolute atomic E-state index is 0.507. The van der Waals surface area contributed by atoms with E-state index in [9.17, 15) is 10.1 Å². The summed E-state index contributed by atoms with van der Waals surface area (Å²) in [4.78, 5) is 17.7. The van der Waals surface area contributed by atoms with Crippen molar-refractivity contribution in [3.05, 3.63) is 26.2 Å². The summed E-state index contributed by atoms with van der Waals surface area (Å²) in [6.45, 7) is 3.42. The average molecular weight is 272 g/mol. The lowest BCUT2D eigenvalue weighted by Crippen LogP contribution is -2.33. The van der Waals surface area contributed by atoms with E-state index >= 15 is 0 Å². The Morgan fingerprint density at radius 3 is 3.18 bits per heavy atom. The Hall–Kier alpha value is -1.15. The lowest BCUT2D eigenvalue weighted by atomic mass is 10.4. The van der Waals surface area contributed by atoms with Gasteiger partial charge in [0.05, 0.1) is 16.7 Å². The molecule has 8 heteroatoms. The Labute approximate surface area is 107 Å². The zero-order chi connectivity index (χ0) is 12.3. The van der Waals surface area contributed by atoms with E-state index in [-0.39, 0.29) is 0 Å². The summed E-state index contributed by atoms with van der Waals surface area (Å²) in [6.07, 6.45) is 2.85. The quantitative estimate of drug-likeness (QED) is 0.621. The van der Waals surface area contributed by atoms with E-state index in [2.05, 4.69) is 10.1 Å². The normalized spacial score (nSPS) is 18.6. The number of thioether (sulfide) groups is 1. The molecular weight excluding hydrogens is 260 g/mol. The van der Waals surface area contributed by atoms with E-state index < -0.39 is 5.03 Å². The number of amidine groups is 1. The predicted molar refractivity (Wildman–Crippen MR) is 68.8 cm³/mol. The maximum Gasteiger partial charge on any atom is 0.237 e. The molecule has 0 bridgehead atoms. The summed E-state index contributed by atoms with van der Waals surface area (Å²) in [5.41, 5.74) is 0. The van der Waals surface area contributed by atoms with Gasteiger partial charge in [-0.15, -0.1) is 11.3 Å². The largest absolute Gasteiger partial charge is 0.341 e. The van der Waals surface area contributed by atoms with E-state index in [0.29, 0.717) is 11.7 Å². The molecule has 0 N–H and O–H groups in total. The Bertz CT molecular complexity index is 446. The molecule has 0 aromatic carbocycles. The van der Waals surface area contributed by atoms with Gasteiger partial charge in [0, 0.05) is 23.4 Å². The molecule has 17 heavy (non-hydrogen) atoms. The summed E-state index contributed by atoms with van der Waals surface area (Å²) in [7, 11) is 0. The number of aryl methyl sites for hydroxylation is 1. The molecule has 2 rings (SSSR count). The van der Waals surface area contributed by atoms with Crippen molar-refractivity contribution in [2.24, 2.45) is 5.10 Å². The fourth-order valence-electron chi connectivity index (χ4n) is 1.58. The zero-order valence-electron chi connectivity index (χ0n) is 9.33. The number of hydrazone groups is 1. The van der Waals surface area contributed by atoms with Crippen LogP contribution in [0.5, 0.6) is 0 Å². The van der Waals surface area contributed by atoms with Gasteiger partial charge in [0.25, 0.3) is 0 Å². The molecule has 6 nitrogen and oxygen atoms in total. The van der Waals surface area contributed by atoms with Crippen LogP contribution in [0.2, 0.25) is 0 Å². The Kier molecular flexibility index (Phi) is 3.95. The van der Waals surface area contributed by atoms with Gasteiger partial charge in [-0.05, 0) is 13.3 Å². The first-order chi connectivity index (χ1) is 8.15. The topological polar surface area (TPSA) is 71.6 Å². The number of rotatable bonds is 3. The fourth-order valence-corrected chi connectivity index (χ4v) is 3.31. The molecule has 2 heterocycles. The molecule has 92 valence electrons. The van der Waals surface area contributed by atoms with Crippen molar-refractivity contribution in [3.63, 3.8) is 0 Å². The number of nitrogens with zero attached hydrogens (tertiary/aromatic N) is 4. The maximum absolute atomic E-state index is 10.4. The molecule has 1 aromatic heterocycles. The fraction of sp³-hybridized carbons (Fsp3) is 0.556. The highest BCUT2D eigenvalue weighted by Gasteiger charge is 2.21. The maximum atomic E-state index is 10.4. The molecule has 1 aromatic rings. The van der Waals surface area contributed by atoms with E-state index in [4.69, 9.17) is 0 Å². The van der Waals surface area contributed by atoms with Gasteiger partial charge in [0.1, 0.15) is 0 Å². The van der Waals surface area contributed by atoms with Gasteiger partial charge in [0.15, 0.2) is 5.03 Å². The summed E-state index contributed by atoms with van der Waals surface area (Å²) >= 11 is 3.06. The molecule has 1 saturated heterocycles. The molecule has 0 unspecified atom stereocenters. The van der Waals surface area contributed by atoms with Crippen LogP contribution in [-0.4, -0.2) is 32.4 Å². The molecule has 0 amide bonds. The van der Waals surface area contributed by atoms with Crippen molar-refractivity contribution in [2.75, 3.05) is 12.3 Å². The molecule has 0 saturated carbocycles. The Balaban J connectivity index is 2.09. The summed E-state index contributed by atoms with van der Waals surface area (Å²) in [5.74, 6) is 0.894. The lowest BCUT2D eigenvalue weighted by molar-refractivity contribution is -0.485. The molecule has 0 spiro atoms. The third kappa shape index (κ3) is 3.40. The van der Waals surface area contributed by atoms with Crippen LogP contribution in [0.25, 0.3) is 0 Å². The van der Waals surface area contributed by atoms with E-state index in [1.165, 1.54) is 11.8 Å². The van der Waals surface area contributed by atoms with Gasteiger partial charge >= 0.3 is 0 Å². The average Bonchev–Trinajstić information content (AvgIpc) is 2.66. The van der Waals surface area contributed by atoms with Crippen molar-refractivity contribution in [2.45, 2.75) is 19.9 Å². The number of nitro groups is 1. The SMILES string of the molecule is Cc1ncc(CN2CCCS/C2=N\[N+](=O)[O-])s1. The summed E-state index contributed by atoms with van der Waals surface area (Å²) in [6, 6.07) is 0. The van der Waals surface area contributed by atoms with Gasteiger partial charge in [0.2, 0.25) is 5.17 Å². The molecule has 0 atom stereocenters. The van der Waals surface area contributed by atoms with Crippen molar-refractivity contribution in [1.29, 1.82) is 0 Å². The highest BCUT2D eigenvalue weighted by molar-refractivity contribution is 8.13. The van der Waals surface area contributed by atoms with Crippen LogP contribution in [0, 0.1) is 17.0 Å². The molecule has 0 radical (unpaired) electrons. The third-order valence-electron chi connectivity index (χ3n) is 2.26. The van der Waals surface area contributed by atoms with Crippen molar-refractivity contribution in [1.82, 2.24) is 9.88 Å². The van der Waals surface area contributed by atoms with Crippen LogP contribution < -0.4 is 0 Å². The van der Waals surface area contributed by atoms with Gasteiger partial charge in [-0.3, -0.25) is 0 Å².